The lowest BCUT2D eigenvalue weighted by Crippen LogP contribution is -2.06. The first-order valence-electron chi connectivity index (χ1n) is 4.91. The van der Waals surface area contributed by atoms with Gasteiger partial charge in [-0.3, -0.25) is 4.79 Å². The van der Waals surface area contributed by atoms with Gasteiger partial charge in [-0.1, -0.05) is 21.6 Å². The number of pyridine rings is 1. The topological polar surface area (TPSA) is 45.8 Å². The Balaban J connectivity index is 2.88. The first-order valence-corrected chi connectivity index (χ1v) is 7.47. The van der Waals surface area contributed by atoms with Crippen molar-refractivity contribution in [2.75, 3.05) is 6.26 Å². The van der Waals surface area contributed by atoms with E-state index in [0.717, 1.165) is 4.90 Å². The maximum Gasteiger partial charge on any atom is 0.189 e. The van der Waals surface area contributed by atoms with E-state index >= 15 is 0 Å². The summed E-state index contributed by atoms with van der Waals surface area (Å²) >= 11 is 0. The van der Waals surface area contributed by atoms with Gasteiger partial charge in [0.25, 0.3) is 0 Å². The van der Waals surface area contributed by atoms with Crippen molar-refractivity contribution < 1.29 is 0 Å². The van der Waals surface area contributed by atoms with Crippen LogP contribution in [0.4, 0.5) is 0 Å². The second kappa shape index (κ2) is 4.86. The van der Waals surface area contributed by atoms with Crippen LogP contribution in [0.3, 0.4) is 0 Å². The fourth-order valence-corrected chi connectivity index (χ4v) is 3.14. The van der Waals surface area contributed by atoms with Crippen LogP contribution in [0.1, 0.15) is 5.56 Å². The lowest BCUT2D eigenvalue weighted by Gasteiger charge is -2.08. The second-order valence-corrected chi connectivity index (χ2v) is 5.99. The van der Waals surface area contributed by atoms with Gasteiger partial charge in [0.15, 0.2) is 5.43 Å². The maximum absolute atomic E-state index is 11.8. The van der Waals surface area contributed by atoms with E-state index in [2.05, 4.69) is 6.07 Å². The minimum absolute atomic E-state index is 0.0434. The molecule has 0 unspecified atom stereocenters. The van der Waals surface area contributed by atoms with Crippen molar-refractivity contribution in [2.45, 2.75) is 4.90 Å². The molecule has 0 bridgehead atoms. The molecule has 0 spiro atoms. The molecule has 0 aliphatic heterocycles. The van der Waals surface area contributed by atoms with Crippen molar-refractivity contribution in [2.24, 2.45) is 7.05 Å². The molecule has 2 rings (SSSR count). The molecule has 1 aromatic carbocycles. The Morgan fingerprint density at radius 2 is 2.18 bits per heavy atom. The maximum atomic E-state index is 11.8. The fourth-order valence-electron chi connectivity index (χ4n) is 1.75. The zero-order chi connectivity index (χ0) is 12.4. The molecule has 17 heavy (non-hydrogen) atoms. The number of hydrogen-bond acceptors (Lipinski definition) is 4. The summed E-state index contributed by atoms with van der Waals surface area (Å²) in [6.07, 6.45) is 3.65. The van der Waals surface area contributed by atoms with Crippen molar-refractivity contribution in [3.8, 4) is 6.07 Å². The zero-order valence-corrected chi connectivity index (χ0v) is 11.1. The van der Waals surface area contributed by atoms with Crippen LogP contribution in [0.5, 0.6) is 0 Å². The highest BCUT2D eigenvalue weighted by atomic mass is 33.1. The van der Waals surface area contributed by atoms with Gasteiger partial charge in [-0.25, -0.2) is 0 Å². The van der Waals surface area contributed by atoms with Crippen LogP contribution in [0.25, 0.3) is 10.9 Å². The van der Waals surface area contributed by atoms with Gasteiger partial charge in [-0.15, -0.1) is 0 Å². The SMILES string of the molecule is CSSc1cc(C#N)c2c(c1)c(=O)ccn2C. The van der Waals surface area contributed by atoms with E-state index in [0.29, 0.717) is 16.5 Å². The molecule has 0 N–H and O–H groups in total. The highest BCUT2D eigenvalue weighted by Crippen LogP contribution is 2.31. The molecular formula is C12H10N2OS2. The van der Waals surface area contributed by atoms with Crippen LogP contribution in [-0.4, -0.2) is 10.8 Å². The van der Waals surface area contributed by atoms with Crippen LogP contribution in [0, 0.1) is 11.3 Å². The molecular weight excluding hydrogens is 252 g/mol. The van der Waals surface area contributed by atoms with E-state index in [1.54, 1.807) is 27.8 Å². The third-order valence-corrected chi connectivity index (χ3v) is 4.12. The highest BCUT2D eigenvalue weighted by molar-refractivity contribution is 8.76. The Hall–Kier alpha value is -1.38. The quantitative estimate of drug-likeness (QED) is 0.781. The molecule has 0 fully saturated rings. The van der Waals surface area contributed by atoms with Gasteiger partial charge in [0.2, 0.25) is 0 Å². The van der Waals surface area contributed by atoms with Gasteiger partial charge in [0, 0.05) is 29.6 Å². The molecule has 86 valence electrons. The number of hydrogen-bond donors (Lipinski definition) is 0. The molecule has 0 saturated heterocycles. The van der Waals surface area contributed by atoms with Gasteiger partial charge in [0.1, 0.15) is 6.07 Å². The molecule has 0 amide bonds. The molecule has 0 saturated carbocycles. The van der Waals surface area contributed by atoms with Crippen LogP contribution in [0.2, 0.25) is 0 Å². The second-order valence-electron chi connectivity index (χ2n) is 3.52. The smallest absolute Gasteiger partial charge is 0.189 e. The standard InChI is InChI=1S/C12H10N2OS2/c1-14-4-3-11(15)10-6-9(17-16-2)5-8(7-13)12(10)14/h3-6H,1-2H3. The number of fused-ring (bicyclic) bond motifs is 1. The van der Waals surface area contributed by atoms with E-state index < -0.39 is 0 Å². The molecule has 0 atom stereocenters. The predicted molar refractivity (Wildman–Crippen MR) is 73.3 cm³/mol. The van der Waals surface area contributed by atoms with Gasteiger partial charge in [0.05, 0.1) is 11.1 Å². The van der Waals surface area contributed by atoms with Gasteiger partial charge in [-0.05, 0) is 18.4 Å². The van der Waals surface area contributed by atoms with Crippen molar-refractivity contribution in [3.63, 3.8) is 0 Å². The minimum Gasteiger partial charge on any atom is -0.349 e. The summed E-state index contributed by atoms with van der Waals surface area (Å²) in [5.41, 5.74) is 1.20. The van der Waals surface area contributed by atoms with Crippen molar-refractivity contribution in [1.29, 1.82) is 5.26 Å². The summed E-state index contributed by atoms with van der Waals surface area (Å²) in [5, 5.41) is 9.76. The summed E-state index contributed by atoms with van der Waals surface area (Å²) in [6.45, 7) is 0. The van der Waals surface area contributed by atoms with Crippen molar-refractivity contribution in [1.82, 2.24) is 4.57 Å². The molecule has 0 aliphatic carbocycles. The first kappa shape index (κ1) is 12.1. The van der Waals surface area contributed by atoms with E-state index in [1.165, 1.54) is 6.07 Å². The van der Waals surface area contributed by atoms with Crippen LogP contribution < -0.4 is 5.43 Å². The fraction of sp³-hybridized carbons (Fsp3) is 0.167. The average Bonchev–Trinajstić information content (AvgIpc) is 2.33. The molecule has 3 nitrogen and oxygen atoms in total. The Morgan fingerprint density at radius 3 is 2.82 bits per heavy atom. The molecule has 5 heteroatoms. The summed E-state index contributed by atoms with van der Waals surface area (Å²) < 4.78 is 1.81. The normalized spacial score (nSPS) is 10.4. The Bertz CT molecular complexity index is 670. The summed E-state index contributed by atoms with van der Waals surface area (Å²) in [7, 11) is 4.98. The number of nitrogens with zero attached hydrogens (tertiary/aromatic N) is 2. The minimum atomic E-state index is -0.0434. The number of aromatic nitrogens is 1. The highest BCUT2D eigenvalue weighted by Gasteiger charge is 2.08. The molecule has 0 aliphatic rings. The third-order valence-electron chi connectivity index (χ3n) is 2.45. The lowest BCUT2D eigenvalue weighted by atomic mass is 10.1. The van der Waals surface area contributed by atoms with Crippen LogP contribution in [-0.2, 0) is 7.05 Å². The van der Waals surface area contributed by atoms with Crippen molar-refractivity contribution in [3.05, 3.63) is 40.2 Å². The van der Waals surface area contributed by atoms with Crippen LogP contribution in [0.15, 0.2) is 34.1 Å². The largest absolute Gasteiger partial charge is 0.349 e. The van der Waals surface area contributed by atoms with E-state index in [1.807, 2.05) is 30.0 Å². The molecule has 0 radical (unpaired) electrons. The number of nitriles is 1. The van der Waals surface area contributed by atoms with E-state index in [9.17, 15) is 4.79 Å². The molecule has 1 aromatic heterocycles. The summed E-state index contributed by atoms with van der Waals surface area (Å²) in [4.78, 5) is 12.8. The predicted octanol–water partition coefficient (Wildman–Crippen LogP) is 2.78. The molecule has 1 heterocycles. The summed E-state index contributed by atoms with van der Waals surface area (Å²) in [5.74, 6) is 0. The summed E-state index contributed by atoms with van der Waals surface area (Å²) in [6, 6.07) is 7.35. The number of benzene rings is 1. The zero-order valence-electron chi connectivity index (χ0n) is 9.43. The Kier molecular flexibility index (Phi) is 3.46. The monoisotopic (exact) mass is 262 g/mol. The Morgan fingerprint density at radius 1 is 1.41 bits per heavy atom. The van der Waals surface area contributed by atoms with Gasteiger partial charge >= 0.3 is 0 Å². The lowest BCUT2D eigenvalue weighted by molar-refractivity contribution is 0.947. The van der Waals surface area contributed by atoms with Crippen molar-refractivity contribution >= 4 is 32.5 Å². The average molecular weight is 262 g/mol. The van der Waals surface area contributed by atoms with Crippen LogP contribution >= 0.6 is 21.6 Å². The number of aryl methyl sites for hydroxylation is 1. The Labute approximate surface area is 107 Å². The third kappa shape index (κ3) is 2.19. The number of rotatable bonds is 2. The van der Waals surface area contributed by atoms with Gasteiger partial charge in [-0.2, -0.15) is 5.26 Å². The molecule has 2 aromatic rings. The first-order chi connectivity index (χ1) is 8.17. The van der Waals surface area contributed by atoms with E-state index in [4.69, 9.17) is 5.26 Å². The van der Waals surface area contributed by atoms with E-state index in [-0.39, 0.29) is 5.43 Å². The van der Waals surface area contributed by atoms with Gasteiger partial charge < -0.3 is 4.57 Å².